The molecule has 4 rings (SSSR count). The molecule has 0 unspecified atom stereocenters. The molecule has 0 radical (unpaired) electrons. The summed E-state index contributed by atoms with van der Waals surface area (Å²) in [4.78, 5) is 2.39. The van der Waals surface area contributed by atoms with E-state index in [-0.39, 0.29) is 6.04 Å². The zero-order valence-electron chi connectivity index (χ0n) is 13.4. The summed E-state index contributed by atoms with van der Waals surface area (Å²) in [5.41, 5.74) is 5.31. The average Bonchev–Trinajstić information content (AvgIpc) is 2.93. The van der Waals surface area contributed by atoms with Gasteiger partial charge in [-0.15, -0.1) is 10.2 Å². The Morgan fingerprint density at radius 1 is 0.913 bits per heavy atom. The summed E-state index contributed by atoms with van der Waals surface area (Å²) in [6.07, 6.45) is 0. The first-order valence-corrected chi connectivity index (χ1v) is 7.92. The van der Waals surface area contributed by atoms with Gasteiger partial charge in [-0.3, -0.25) is 4.90 Å². The van der Waals surface area contributed by atoms with Gasteiger partial charge in [0.1, 0.15) is 0 Å². The zero-order valence-corrected chi connectivity index (χ0v) is 13.4. The molecule has 0 saturated heterocycles. The number of nitrogens with zero attached hydrogens (tertiary/aromatic N) is 3. The van der Waals surface area contributed by atoms with Gasteiger partial charge >= 0.3 is 0 Å². The highest BCUT2D eigenvalue weighted by atomic mass is 16.4. The molecule has 2 aromatic carbocycles. The van der Waals surface area contributed by atoms with Crippen LogP contribution >= 0.6 is 0 Å². The third-order valence-corrected chi connectivity index (χ3v) is 4.52. The number of benzene rings is 2. The molecule has 1 atom stereocenters. The van der Waals surface area contributed by atoms with Crippen molar-refractivity contribution in [1.82, 2.24) is 15.1 Å². The van der Waals surface area contributed by atoms with Crippen LogP contribution in [0, 0.1) is 6.92 Å². The number of aryl methyl sites for hydroxylation is 1. The van der Waals surface area contributed by atoms with Crippen LogP contribution in [0.25, 0.3) is 11.1 Å². The van der Waals surface area contributed by atoms with Crippen LogP contribution in [-0.2, 0) is 13.1 Å². The molecule has 1 aromatic heterocycles. The number of hydrogen-bond acceptors (Lipinski definition) is 4. The Kier molecular flexibility index (Phi) is 3.46. The van der Waals surface area contributed by atoms with Gasteiger partial charge in [0.05, 0.1) is 6.04 Å². The standard InChI is InChI=1S/C19H19N3O/c1-13(19-21-20-14(2)23-19)22-11-15-7-3-5-9-17(15)18-10-6-4-8-16(18)12-22/h3-10,13H,11-12H2,1-2H3/t13-/m1/s1. The molecule has 0 fully saturated rings. The average molecular weight is 305 g/mol. The van der Waals surface area contributed by atoms with E-state index >= 15 is 0 Å². The van der Waals surface area contributed by atoms with E-state index < -0.39 is 0 Å². The Bertz CT molecular complexity index is 792. The highest BCUT2D eigenvalue weighted by Crippen LogP contribution is 2.35. The predicted octanol–water partition coefficient (Wildman–Crippen LogP) is 4.12. The van der Waals surface area contributed by atoms with E-state index in [4.69, 9.17) is 4.42 Å². The molecule has 1 aliphatic heterocycles. The first kappa shape index (κ1) is 14.2. The summed E-state index contributed by atoms with van der Waals surface area (Å²) in [6, 6.07) is 17.3. The molecule has 0 saturated carbocycles. The van der Waals surface area contributed by atoms with Crippen molar-refractivity contribution in [3.8, 4) is 11.1 Å². The molecule has 0 amide bonds. The van der Waals surface area contributed by atoms with Crippen LogP contribution in [0.15, 0.2) is 52.9 Å². The van der Waals surface area contributed by atoms with E-state index in [9.17, 15) is 0 Å². The van der Waals surface area contributed by atoms with Crippen molar-refractivity contribution in [3.63, 3.8) is 0 Å². The molecular formula is C19H19N3O. The fraction of sp³-hybridized carbons (Fsp3) is 0.263. The molecule has 4 heteroatoms. The van der Waals surface area contributed by atoms with E-state index in [1.54, 1.807) is 0 Å². The largest absolute Gasteiger partial charge is 0.424 e. The fourth-order valence-electron chi connectivity index (χ4n) is 3.25. The van der Waals surface area contributed by atoms with Crippen LogP contribution in [0.1, 0.15) is 35.9 Å². The van der Waals surface area contributed by atoms with Crippen molar-refractivity contribution in [2.75, 3.05) is 0 Å². The molecule has 1 aliphatic rings. The smallest absolute Gasteiger partial charge is 0.233 e. The van der Waals surface area contributed by atoms with Gasteiger partial charge in [-0.1, -0.05) is 48.5 Å². The van der Waals surface area contributed by atoms with Gasteiger partial charge in [0.2, 0.25) is 11.8 Å². The van der Waals surface area contributed by atoms with E-state index in [1.165, 1.54) is 22.3 Å². The molecular weight excluding hydrogens is 286 g/mol. The topological polar surface area (TPSA) is 42.2 Å². The van der Waals surface area contributed by atoms with Crippen LogP contribution in [0.4, 0.5) is 0 Å². The van der Waals surface area contributed by atoms with Gasteiger partial charge in [-0.05, 0) is 29.2 Å². The summed E-state index contributed by atoms with van der Waals surface area (Å²) >= 11 is 0. The molecule has 0 aliphatic carbocycles. The van der Waals surface area contributed by atoms with E-state index in [2.05, 4.69) is 70.6 Å². The van der Waals surface area contributed by atoms with Crippen molar-refractivity contribution < 1.29 is 4.42 Å². The lowest BCUT2D eigenvalue weighted by molar-refractivity contribution is 0.166. The Hall–Kier alpha value is -2.46. The molecule has 4 nitrogen and oxygen atoms in total. The van der Waals surface area contributed by atoms with Crippen LogP contribution in [0.2, 0.25) is 0 Å². The first-order valence-electron chi connectivity index (χ1n) is 7.92. The quantitative estimate of drug-likeness (QED) is 0.714. The number of hydrogen-bond donors (Lipinski definition) is 0. The van der Waals surface area contributed by atoms with Gasteiger partial charge in [0.25, 0.3) is 0 Å². The maximum Gasteiger partial charge on any atom is 0.233 e. The second-order valence-electron chi connectivity index (χ2n) is 6.05. The molecule has 0 bridgehead atoms. The Morgan fingerprint density at radius 2 is 1.48 bits per heavy atom. The molecule has 23 heavy (non-hydrogen) atoms. The van der Waals surface area contributed by atoms with E-state index in [1.807, 2.05) is 6.92 Å². The number of rotatable bonds is 2. The van der Waals surface area contributed by atoms with E-state index in [0.29, 0.717) is 11.8 Å². The third kappa shape index (κ3) is 2.55. The lowest BCUT2D eigenvalue weighted by Gasteiger charge is -2.25. The monoisotopic (exact) mass is 305 g/mol. The summed E-state index contributed by atoms with van der Waals surface area (Å²) in [6.45, 7) is 5.70. The third-order valence-electron chi connectivity index (χ3n) is 4.52. The predicted molar refractivity (Wildman–Crippen MR) is 88.6 cm³/mol. The Labute approximate surface area is 135 Å². The Morgan fingerprint density at radius 3 is 2.00 bits per heavy atom. The number of aromatic nitrogens is 2. The first-order chi connectivity index (χ1) is 11.2. The summed E-state index contributed by atoms with van der Waals surface area (Å²) in [5, 5.41) is 8.18. The maximum atomic E-state index is 5.65. The summed E-state index contributed by atoms with van der Waals surface area (Å²) in [5.74, 6) is 1.29. The maximum absolute atomic E-state index is 5.65. The minimum Gasteiger partial charge on any atom is -0.424 e. The van der Waals surface area contributed by atoms with Gasteiger partial charge in [-0.2, -0.15) is 0 Å². The van der Waals surface area contributed by atoms with E-state index in [0.717, 1.165) is 13.1 Å². The fourth-order valence-corrected chi connectivity index (χ4v) is 3.25. The molecule has 0 N–H and O–H groups in total. The lowest BCUT2D eigenvalue weighted by atomic mass is 9.97. The van der Waals surface area contributed by atoms with Crippen LogP contribution in [0.5, 0.6) is 0 Å². The second kappa shape index (κ2) is 5.63. The normalized spacial score (nSPS) is 15.6. The summed E-state index contributed by atoms with van der Waals surface area (Å²) in [7, 11) is 0. The van der Waals surface area contributed by atoms with Crippen molar-refractivity contribution in [2.24, 2.45) is 0 Å². The second-order valence-corrected chi connectivity index (χ2v) is 6.05. The van der Waals surface area contributed by atoms with Crippen molar-refractivity contribution >= 4 is 0 Å². The van der Waals surface area contributed by atoms with Crippen LogP contribution in [-0.4, -0.2) is 15.1 Å². The van der Waals surface area contributed by atoms with Gasteiger partial charge in [0, 0.05) is 20.0 Å². The minimum atomic E-state index is 0.0791. The van der Waals surface area contributed by atoms with Crippen molar-refractivity contribution in [2.45, 2.75) is 33.0 Å². The van der Waals surface area contributed by atoms with Crippen molar-refractivity contribution in [3.05, 3.63) is 71.4 Å². The van der Waals surface area contributed by atoms with Gasteiger partial charge in [-0.25, -0.2) is 0 Å². The minimum absolute atomic E-state index is 0.0791. The number of fused-ring (bicyclic) bond motifs is 3. The lowest BCUT2D eigenvalue weighted by Crippen LogP contribution is -2.25. The zero-order chi connectivity index (χ0) is 15.8. The van der Waals surface area contributed by atoms with Crippen LogP contribution < -0.4 is 0 Å². The molecule has 116 valence electrons. The van der Waals surface area contributed by atoms with Crippen LogP contribution in [0.3, 0.4) is 0 Å². The molecule has 3 aromatic rings. The van der Waals surface area contributed by atoms with Crippen molar-refractivity contribution in [1.29, 1.82) is 0 Å². The summed E-state index contributed by atoms with van der Waals surface area (Å²) < 4.78 is 5.65. The Balaban J connectivity index is 1.78. The van der Waals surface area contributed by atoms with Gasteiger partial charge in [0.15, 0.2) is 0 Å². The highest BCUT2D eigenvalue weighted by Gasteiger charge is 2.25. The highest BCUT2D eigenvalue weighted by molar-refractivity contribution is 5.71. The SMILES string of the molecule is Cc1nnc([C@@H](C)N2Cc3ccccc3-c3ccccc3C2)o1. The molecule has 2 heterocycles. The molecule has 0 spiro atoms. The van der Waals surface area contributed by atoms with Gasteiger partial charge < -0.3 is 4.42 Å².